The minimum absolute atomic E-state index is 0.0154. The molecule has 0 bridgehead atoms. The van der Waals surface area contributed by atoms with E-state index in [1.54, 1.807) is 12.0 Å². The van der Waals surface area contributed by atoms with Gasteiger partial charge in [-0.05, 0) is 0 Å². The van der Waals surface area contributed by atoms with Gasteiger partial charge in [-0.1, -0.05) is 0 Å². The minimum Gasteiger partial charge on any atom is -0.383 e. The average Bonchev–Trinajstić information content (AvgIpc) is 2.68. The van der Waals surface area contributed by atoms with Crippen molar-refractivity contribution in [2.75, 3.05) is 26.8 Å². The van der Waals surface area contributed by atoms with Gasteiger partial charge < -0.3 is 14.6 Å². The lowest BCUT2D eigenvalue weighted by Crippen LogP contribution is -2.28. The van der Waals surface area contributed by atoms with Gasteiger partial charge in [-0.3, -0.25) is 9.59 Å². The van der Waals surface area contributed by atoms with Crippen LogP contribution in [0.15, 0.2) is 17.2 Å². The van der Waals surface area contributed by atoms with Crippen LogP contribution in [0, 0.1) is 0 Å². The van der Waals surface area contributed by atoms with Gasteiger partial charge in [0.1, 0.15) is 0 Å². The quantitative estimate of drug-likeness (QED) is 0.782. The summed E-state index contributed by atoms with van der Waals surface area (Å²) in [7, 11) is 1.61. The number of methoxy groups -OCH3 is 1. The molecule has 2 heterocycles. The Hall–Kier alpha value is -1.69. The monoisotopic (exact) mass is 237 g/mol. The molecular weight excluding hydrogens is 222 g/mol. The van der Waals surface area contributed by atoms with Crippen molar-refractivity contribution in [3.63, 3.8) is 0 Å². The van der Waals surface area contributed by atoms with Gasteiger partial charge in [0.15, 0.2) is 0 Å². The van der Waals surface area contributed by atoms with E-state index in [0.717, 1.165) is 0 Å². The topological polar surface area (TPSA) is 75.3 Å². The fourth-order valence-corrected chi connectivity index (χ4v) is 1.99. The summed E-state index contributed by atoms with van der Waals surface area (Å²) in [4.78, 5) is 31.2. The number of likely N-dealkylation sites (tertiary alicyclic amines) is 1. The fourth-order valence-electron chi connectivity index (χ4n) is 1.99. The third-order valence-corrected chi connectivity index (χ3v) is 2.90. The van der Waals surface area contributed by atoms with Crippen molar-refractivity contribution >= 4 is 5.91 Å². The summed E-state index contributed by atoms with van der Waals surface area (Å²) in [5.41, 5.74) is 0.500. The zero-order valence-corrected chi connectivity index (χ0v) is 9.68. The first-order valence-electron chi connectivity index (χ1n) is 5.52. The highest BCUT2D eigenvalue weighted by Crippen LogP contribution is 2.25. The van der Waals surface area contributed by atoms with E-state index in [2.05, 4.69) is 9.97 Å². The highest BCUT2D eigenvalue weighted by Gasteiger charge is 2.31. The second-order valence-corrected chi connectivity index (χ2v) is 4.07. The number of H-pyrrole nitrogens is 1. The van der Waals surface area contributed by atoms with E-state index >= 15 is 0 Å². The summed E-state index contributed by atoms with van der Waals surface area (Å²) in [6.07, 6.45) is 1.79. The number of hydrogen-bond donors (Lipinski definition) is 1. The standard InChI is InChI=1S/C11H15N3O3/c1-17-3-2-14-6-8(4-11(14)16)9-5-10(15)13-7-12-9/h5,7-8H,2-4,6H2,1H3,(H,12,13,15)/t8-/m1/s1. The number of hydrogen-bond acceptors (Lipinski definition) is 4. The number of ether oxygens (including phenoxy) is 1. The predicted molar refractivity (Wildman–Crippen MR) is 60.7 cm³/mol. The maximum absolute atomic E-state index is 11.7. The van der Waals surface area contributed by atoms with Gasteiger partial charge in [0.2, 0.25) is 5.91 Å². The Labute approximate surface area is 98.6 Å². The fraction of sp³-hybridized carbons (Fsp3) is 0.545. The molecule has 0 aliphatic carbocycles. The number of aromatic nitrogens is 2. The molecule has 2 rings (SSSR count). The molecule has 0 spiro atoms. The third-order valence-electron chi connectivity index (χ3n) is 2.90. The molecule has 0 saturated carbocycles. The molecule has 1 aromatic rings. The van der Waals surface area contributed by atoms with Crippen LogP contribution in [0.25, 0.3) is 0 Å². The zero-order chi connectivity index (χ0) is 12.3. The molecule has 1 aliphatic rings. The third kappa shape index (κ3) is 2.71. The van der Waals surface area contributed by atoms with Crippen LogP contribution >= 0.6 is 0 Å². The van der Waals surface area contributed by atoms with Gasteiger partial charge >= 0.3 is 0 Å². The molecule has 1 fully saturated rings. The molecule has 92 valence electrons. The first-order chi connectivity index (χ1) is 8.20. The number of rotatable bonds is 4. The smallest absolute Gasteiger partial charge is 0.250 e. The second-order valence-electron chi connectivity index (χ2n) is 4.07. The van der Waals surface area contributed by atoms with Gasteiger partial charge in [-0.25, -0.2) is 4.98 Å². The summed E-state index contributed by atoms with van der Waals surface area (Å²) >= 11 is 0. The van der Waals surface area contributed by atoms with Crippen LogP contribution in [0.4, 0.5) is 0 Å². The molecular formula is C11H15N3O3. The number of aromatic amines is 1. The van der Waals surface area contributed by atoms with Gasteiger partial charge in [-0.15, -0.1) is 0 Å². The van der Waals surface area contributed by atoms with E-state index in [0.29, 0.717) is 31.8 Å². The van der Waals surface area contributed by atoms with Gasteiger partial charge in [0.25, 0.3) is 5.56 Å². The predicted octanol–water partition coefficient (Wildman–Crippen LogP) is -0.268. The second kappa shape index (κ2) is 5.09. The van der Waals surface area contributed by atoms with Crippen LogP contribution in [0.1, 0.15) is 18.0 Å². The summed E-state index contributed by atoms with van der Waals surface area (Å²) < 4.78 is 4.95. The Morgan fingerprint density at radius 1 is 1.59 bits per heavy atom. The molecule has 0 radical (unpaired) electrons. The van der Waals surface area contributed by atoms with Crippen molar-refractivity contribution in [2.45, 2.75) is 12.3 Å². The lowest BCUT2D eigenvalue weighted by Gasteiger charge is -2.15. The Morgan fingerprint density at radius 2 is 2.41 bits per heavy atom. The first kappa shape index (κ1) is 11.8. The van der Waals surface area contributed by atoms with E-state index in [-0.39, 0.29) is 17.4 Å². The average molecular weight is 237 g/mol. The van der Waals surface area contributed by atoms with Crippen LogP contribution in [0.5, 0.6) is 0 Å². The molecule has 1 saturated heterocycles. The molecule has 1 aliphatic heterocycles. The molecule has 1 aromatic heterocycles. The molecule has 17 heavy (non-hydrogen) atoms. The molecule has 0 unspecified atom stereocenters. The van der Waals surface area contributed by atoms with Crippen LogP contribution in [0.2, 0.25) is 0 Å². The highest BCUT2D eigenvalue weighted by atomic mass is 16.5. The van der Waals surface area contributed by atoms with Crippen LogP contribution in [-0.2, 0) is 9.53 Å². The number of carbonyl (C=O) groups is 1. The number of nitrogens with one attached hydrogen (secondary N) is 1. The van der Waals surface area contributed by atoms with Crippen LogP contribution in [-0.4, -0.2) is 47.6 Å². The SMILES string of the molecule is COCCN1C[C@H](c2cc(=O)[nH]cn2)CC1=O. The lowest BCUT2D eigenvalue weighted by atomic mass is 10.0. The molecule has 1 atom stereocenters. The van der Waals surface area contributed by atoms with Crippen molar-refractivity contribution < 1.29 is 9.53 Å². The Morgan fingerprint density at radius 3 is 3.12 bits per heavy atom. The van der Waals surface area contributed by atoms with Crippen molar-refractivity contribution in [3.8, 4) is 0 Å². The summed E-state index contributed by atoms with van der Waals surface area (Å²) in [5, 5.41) is 0. The normalized spacial score (nSPS) is 19.9. The Kier molecular flexibility index (Phi) is 3.53. The van der Waals surface area contributed by atoms with E-state index in [1.165, 1.54) is 12.4 Å². The van der Waals surface area contributed by atoms with Crippen molar-refractivity contribution in [3.05, 3.63) is 28.4 Å². The molecule has 6 heteroatoms. The van der Waals surface area contributed by atoms with Gasteiger partial charge in [-0.2, -0.15) is 0 Å². The van der Waals surface area contributed by atoms with Gasteiger partial charge in [0, 0.05) is 38.6 Å². The number of nitrogens with zero attached hydrogens (tertiary/aromatic N) is 2. The lowest BCUT2D eigenvalue weighted by molar-refractivity contribution is -0.128. The molecule has 0 aromatic carbocycles. The molecule has 1 amide bonds. The van der Waals surface area contributed by atoms with Crippen LogP contribution < -0.4 is 5.56 Å². The van der Waals surface area contributed by atoms with Crippen molar-refractivity contribution in [1.29, 1.82) is 0 Å². The summed E-state index contributed by atoms with van der Waals surface area (Å²) in [5.74, 6) is 0.107. The number of carbonyl (C=O) groups excluding carboxylic acids is 1. The van der Waals surface area contributed by atoms with Crippen LogP contribution in [0.3, 0.4) is 0 Å². The van der Waals surface area contributed by atoms with Crippen molar-refractivity contribution in [2.24, 2.45) is 0 Å². The van der Waals surface area contributed by atoms with Gasteiger partial charge in [0.05, 0.1) is 18.6 Å². The van der Waals surface area contributed by atoms with E-state index in [4.69, 9.17) is 4.74 Å². The largest absolute Gasteiger partial charge is 0.383 e. The van der Waals surface area contributed by atoms with E-state index in [1.807, 2.05) is 0 Å². The summed E-state index contributed by atoms with van der Waals surface area (Å²) in [6, 6.07) is 1.46. The Bertz CT molecular complexity index is 457. The maximum Gasteiger partial charge on any atom is 0.250 e. The minimum atomic E-state index is -0.183. The van der Waals surface area contributed by atoms with E-state index in [9.17, 15) is 9.59 Å². The Balaban J connectivity index is 2.06. The zero-order valence-electron chi connectivity index (χ0n) is 9.68. The number of amides is 1. The first-order valence-corrected chi connectivity index (χ1v) is 5.52. The van der Waals surface area contributed by atoms with E-state index < -0.39 is 0 Å². The highest BCUT2D eigenvalue weighted by molar-refractivity contribution is 5.79. The summed E-state index contributed by atoms with van der Waals surface area (Å²) in [6.45, 7) is 1.73. The van der Waals surface area contributed by atoms with Crippen molar-refractivity contribution in [1.82, 2.24) is 14.9 Å². The molecule has 6 nitrogen and oxygen atoms in total. The maximum atomic E-state index is 11.7. The molecule has 1 N–H and O–H groups in total.